The quantitative estimate of drug-likeness (QED) is 0.415. The number of hydrogen-bond acceptors (Lipinski definition) is 6. The number of piperazine rings is 1. The molecule has 2 heterocycles. The largest absolute Gasteiger partial charge is 0.508 e. The van der Waals surface area contributed by atoms with Gasteiger partial charge < -0.3 is 14.7 Å². The number of anilines is 1. The summed E-state index contributed by atoms with van der Waals surface area (Å²) in [5, 5.41) is 14.1. The van der Waals surface area contributed by atoms with Gasteiger partial charge in [0.2, 0.25) is 5.75 Å². The van der Waals surface area contributed by atoms with Crippen LogP contribution >= 0.6 is 0 Å². The summed E-state index contributed by atoms with van der Waals surface area (Å²) in [7, 11) is 0. The van der Waals surface area contributed by atoms with Crippen LogP contribution in [0.15, 0.2) is 65.6 Å². The fraction of sp³-hybridized carbons (Fsp3) is 0.467. The minimum atomic E-state index is -0.201. The summed E-state index contributed by atoms with van der Waals surface area (Å²) in [4.78, 5) is 18.2. The Kier molecular flexibility index (Phi) is 8.41. The monoisotopic (exact) mass is 502 g/mol. The number of para-hydroxylation sites is 1. The number of hydrogen-bond donors (Lipinski definition) is 1. The number of aromatic hydroxyl groups is 1. The topological polar surface area (TPSA) is 70.8 Å². The maximum Gasteiger partial charge on any atom is 0.316 e. The fourth-order valence-corrected chi connectivity index (χ4v) is 5.57. The van der Waals surface area contributed by atoms with E-state index < -0.39 is 0 Å². The van der Waals surface area contributed by atoms with Gasteiger partial charge in [-0.25, -0.2) is 0 Å². The lowest BCUT2D eigenvalue weighted by atomic mass is 9.86. The first-order valence-electron chi connectivity index (χ1n) is 13.7. The number of rotatable bonds is 9. The second kappa shape index (κ2) is 12.3. The minimum Gasteiger partial charge on any atom is -0.508 e. The van der Waals surface area contributed by atoms with Crippen molar-refractivity contribution in [3.8, 4) is 17.2 Å². The van der Waals surface area contributed by atoms with Crippen molar-refractivity contribution in [2.24, 2.45) is 5.92 Å². The highest BCUT2D eigenvalue weighted by Crippen LogP contribution is 2.29. The molecular formula is C30H38N4O3. The normalized spacial score (nSPS) is 17.1. The molecule has 1 aromatic heterocycles. The summed E-state index contributed by atoms with van der Waals surface area (Å²) < 4.78 is 7.70. The number of aromatic nitrogens is 2. The van der Waals surface area contributed by atoms with Crippen molar-refractivity contribution >= 4 is 5.69 Å². The maximum atomic E-state index is 13.6. The molecule has 0 spiro atoms. The van der Waals surface area contributed by atoms with Crippen LogP contribution in [0, 0.1) is 5.92 Å². The summed E-state index contributed by atoms with van der Waals surface area (Å²) in [5.41, 5.74) is 2.51. The number of phenols is 1. The molecule has 0 bridgehead atoms. The molecule has 37 heavy (non-hydrogen) atoms. The van der Waals surface area contributed by atoms with E-state index in [0.29, 0.717) is 12.4 Å². The molecule has 0 atom stereocenters. The molecular weight excluding hydrogens is 464 g/mol. The SMILES string of the molecule is O=c1c(OCCCC2CCCCC2)c(N2CCN(Cc3ccc(O)cc3)CC2)cnn1-c1ccccc1. The Morgan fingerprint density at radius 3 is 2.38 bits per heavy atom. The van der Waals surface area contributed by atoms with Crippen molar-refractivity contribution in [2.75, 3.05) is 37.7 Å². The van der Waals surface area contributed by atoms with Crippen LogP contribution in [0.25, 0.3) is 5.69 Å². The van der Waals surface area contributed by atoms with Crippen molar-refractivity contribution < 1.29 is 9.84 Å². The molecule has 2 aromatic carbocycles. The van der Waals surface area contributed by atoms with Crippen LogP contribution in [0.1, 0.15) is 50.5 Å². The van der Waals surface area contributed by atoms with Crippen LogP contribution in [0.4, 0.5) is 5.69 Å². The molecule has 3 aromatic rings. The Morgan fingerprint density at radius 2 is 1.65 bits per heavy atom. The lowest BCUT2D eigenvalue weighted by molar-refractivity contribution is 0.245. The van der Waals surface area contributed by atoms with E-state index in [9.17, 15) is 9.90 Å². The highest BCUT2D eigenvalue weighted by atomic mass is 16.5. The van der Waals surface area contributed by atoms with Crippen LogP contribution in [0.2, 0.25) is 0 Å². The molecule has 1 aliphatic heterocycles. The number of benzene rings is 2. The van der Waals surface area contributed by atoms with E-state index in [1.54, 1.807) is 18.3 Å². The Morgan fingerprint density at radius 1 is 0.919 bits per heavy atom. The third-order valence-electron chi connectivity index (χ3n) is 7.70. The molecule has 1 saturated heterocycles. The van der Waals surface area contributed by atoms with Crippen molar-refractivity contribution in [1.29, 1.82) is 0 Å². The van der Waals surface area contributed by atoms with Gasteiger partial charge in [0.1, 0.15) is 11.4 Å². The van der Waals surface area contributed by atoms with E-state index in [1.807, 2.05) is 42.5 Å². The van der Waals surface area contributed by atoms with Crippen molar-refractivity contribution in [3.05, 3.63) is 76.7 Å². The molecule has 7 heteroatoms. The predicted octanol–water partition coefficient (Wildman–Crippen LogP) is 5.00. The first kappa shape index (κ1) is 25.3. The molecule has 0 radical (unpaired) electrons. The standard InChI is InChI=1S/C30H38N4O3/c35-27-15-13-25(14-16-27)23-32-17-19-33(20-18-32)28-22-31-34(26-11-5-2-6-12-26)30(36)29(28)37-21-7-10-24-8-3-1-4-9-24/h2,5-6,11-16,22,24,35H,1,3-4,7-10,17-21,23H2. The lowest BCUT2D eigenvalue weighted by Gasteiger charge is -2.36. The molecule has 1 saturated carbocycles. The van der Waals surface area contributed by atoms with Crippen molar-refractivity contribution in [3.63, 3.8) is 0 Å². The molecule has 1 N–H and O–H groups in total. The van der Waals surface area contributed by atoms with Gasteiger partial charge in [-0.15, -0.1) is 0 Å². The molecule has 2 fully saturated rings. The summed E-state index contributed by atoms with van der Waals surface area (Å²) in [5.74, 6) is 1.50. The first-order valence-corrected chi connectivity index (χ1v) is 13.7. The zero-order chi connectivity index (χ0) is 25.5. The smallest absolute Gasteiger partial charge is 0.316 e. The first-order chi connectivity index (χ1) is 18.2. The molecule has 2 aliphatic rings. The summed E-state index contributed by atoms with van der Waals surface area (Å²) in [6.45, 7) is 4.75. The average molecular weight is 503 g/mol. The number of phenolic OH excluding ortho intramolecular Hbond substituents is 1. The van der Waals surface area contributed by atoms with Crippen LogP contribution in [0.3, 0.4) is 0 Å². The molecule has 5 rings (SSSR count). The van der Waals surface area contributed by atoms with Gasteiger partial charge in [-0.05, 0) is 48.6 Å². The van der Waals surface area contributed by atoms with E-state index >= 15 is 0 Å². The van der Waals surface area contributed by atoms with E-state index in [-0.39, 0.29) is 11.3 Å². The van der Waals surface area contributed by atoms with Crippen molar-refractivity contribution in [2.45, 2.75) is 51.5 Å². The maximum absolute atomic E-state index is 13.6. The van der Waals surface area contributed by atoms with Gasteiger partial charge in [0, 0.05) is 32.7 Å². The highest BCUT2D eigenvalue weighted by molar-refractivity contribution is 5.57. The Hall–Kier alpha value is -3.32. The van der Waals surface area contributed by atoms with Gasteiger partial charge in [-0.1, -0.05) is 62.4 Å². The highest BCUT2D eigenvalue weighted by Gasteiger charge is 2.24. The van der Waals surface area contributed by atoms with Gasteiger partial charge in [-0.3, -0.25) is 9.69 Å². The molecule has 1 aliphatic carbocycles. The second-order valence-corrected chi connectivity index (χ2v) is 10.3. The van der Waals surface area contributed by atoms with Gasteiger partial charge in [0.05, 0.1) is 18.5 Å². The molecule has 0 amide bonds. The van der Waals surface area contributed by atoms with Crippen LogP contribution in [-0.2, 0) is 6.54 Å². The van der Waals surface area contributed by atoms with Crippen LogP contribution < -0.4 is 15.2 Å². The lowest BCUT2D eigenvalue weighted by Crippen LogP contribution is -2.46. The number of ether oxygens (including phenoxy) is 1. The number of nitrogens with zero attached hydrogens (tertiary/aromatic N) is 4. The van der Waals surface area contributed by atoms with Crippen molar-refractivity contribution in [1.82, 2.24) is 14.7 Å². The van der Waals surface area contributed by atoms with Gasteiger partial charge >= 0.3 is 5.56 Å². The molecule has 0 unspecified atom stereocenters. The zero-order valence-corrected chi connectivity index (χ0v) is 21.6. The average Bonchev–Trinajstić information content (AvgIpc) is 2.94. The van der Waals surface area contributed by atoms with Crippen LogP contribution in [-0.4, -0.2) is 52.6 Å². The Bertz CT molecular complexity index is 1180. The fourth-order valence-electron chi connectivity index (χ4n) is 5.57. The van der Waals surface area contributed by atoms with Gasteiger partial charge in [0.25, 0.3) is 0 Å². The zero-order valence-electron chi connectivity index (χ0n) is 21.6. The molecule has 7 nitrogen and oxygen atoms in total. The van der Waals surface area contributed by atoms with Gasteiger partial charge in [0.15, 0.2) is 0 Å². The van der Waals surface area contributed by atoms with E-state index in [0.717, 1.165) is 56.4 Å². The predicted molar refractivity (Wildman–Crippen MR) is 147 cm³/mol. The Labute approximate surface area is 219 Å². The minimum absolute atomic E-state index is 0.201. The van der Waals surface area contributed by atoms with E-state index in [2.05, 4.69) is 14.9 Å². The van der Waals surface area contributed by atoms with Gasteiger partial charge in [-0.2, -0.15) is 9.78 Å². The molecule has 196 valence electrons. The summed E-state index contributed by atoms with van der Waals surface area (Å²) in [6, 6.07) is 16.9. The Balaban J connectivity index is 1.28. The van der Waals surface area contributed by atoms with E-state index in [4.69, 9.17) is 4.74 Å². The summed E-state index contributed by atoms with van der Waals surface area (Å²) in [6.07, 6.45) is 10.7. The van der Waals surface area contributed by atoms with E-state index in [1.165, 1.54) is 48.8 Å². The second-order valence-electron chi connectivity index (χ2n) is 10.3. The third-order valence-corrected chi connectivity index (χ3v) is 7.70. The van der Waals surface area contributed by atoms with Crippen LogP contribution in [0.5, 0.6) is 11.5 Å². The summed E-state index contributed by atoms with van der Waals surface area (Å²) >= 11 is 0. The third kappa shape index (κ3) is 6.52.